The van der Waals surface area contributed by atoms with Gasteiger partial charge in [-0.2, -0.15) is 5.10 Å². The molecule has 6 heteroatoms. The molecule has 0 atom stereocenters. The Morgan fingerprint density at radius 2 is 2.26 bits per heavy atom. The number of hydrogen-bond donors (Lipinski definition) is 2. The van der Waals surface area contributed by atoms with Crippen molar-refractivity contribution in [1.82, 2.24) is 20.1 Å². The second kappa shape index (κ2) is 5.99. The van der Waals surface area contributed by atoms with Crippen LogP contribution in [-0.4, -0.2) is 27.2 Å². The molecule has 2 heterocycles. The lowest BCUT2D eigenvalue weighted by Gasteiger charge is -2.06. The van der Waals surface area contributed by atoms with E-state index in [1.54, 1.807) is 16.9 Å². The fourth-order valence-electron chi connectivity index (χ4n) is 1.69. The SMILES string of the molecule is CCNc1ccnc(C(=O)NCc2ccn(C)n2)c1. The average Bonchev–Trinajstić information content (AvgIpc) is 2.82. The maximum atomic E-state index is 11.9. The van der Waals surface area contributed by atoms with Crippen molar-refractivity contribution < 1.29 is 4.79 Å². The van der Waals surface area contributed by atoms with Crippen LogP contribution in [0.2, 0.25) is 0 Å². The lowest BCUT2D eigenvalue weighted by Crippen LogP contribution is -2.24. The Hall–Kier alpha value is -2.37. The fraction of sp³-hybridized carbons (Fsp3) is 0.308. The highest BCUT2D eigenvalue weighted by Crippen LogP contribution is 2.07. The van der Waals surface area contributed by atoms with E-state index in [0.717, 1.165) is 17.9 Å². The highest BCUT2D eigenvalue weighted by Gasteiger charge is 2.08. The molecule has 0 aliphatic heterocycles. The highest BCUT2D eigenvalue weighted by molar-refractivity contribution is 5.93. The first-order valence-corrected chi connectivity index (χ1v) is 6.15. The number of anilines is 1. The van der Waals surface area contributed by atoms with E-state index in [1.807, 2.05) is 32.3 Å². The quantitative estimate of drug-likeness (QED) is 0.845. The molecule has 2 rings (SSSR count). The van der Waals surface area contributed by atoms with Crippen molar-refractivity contribution in [2.24, 2.45) is 7.05 Å². The van der Waals surface area contributed by atoms with Gasteiger partial charge in [-0.1, -0.05) is 0 Å². The molecule has 6 nitrogen and oxygen atoms in total. The van der Waals surface area contributed by atoms with Crippen LogP contribution in [0.4, 0.5) is 5.69 Å². The summed E-state index contributed by atoms with van der Waals surface area (Å²) in [5.74, 6) is -0.203. The second-order valence-electron chi connectivity index (χ2n) is 4.12. The monoisotopic (exact) mass is 259 g/mol. The Balaban J connectivity index is 1.97. The second-order valence-corrected chi connectivity index (χ2v) is 4.12. The van der Waals surface area contributed by atoms with Crippen LogP contribution in [0.5, 0.6) is 0 Å². The summed E-state index contributed by atoms with van der Waals surface area (Å²) in [7, 11) is 1.84. The molecule has 0 saturated carbocycles. The van der Waals surface area contributed by atoms with Crippen molar-refractivity contribution in [2.45, 2.75) is 13.5 Å². The van der Waals surface area contributed by atoms with Crippen LogP contribution in [0.3, 0.4) is 0 Å². The minimum Gasteiger partial charge on any atom is -0.385 e. The summed E-state index contributed by atoms with van der Waals surface area (Å²) < 4.78 is 1.70. The molecule has 0 unspecified atom stereocenters. The van der Waals surface area contributed by atoms with Crippen LogP contribution < -0.4 is 10.6 Å². The highest BCUT2D eigenvalue weighted by atomic mass is 16.1. The normalized spacial score (nSPS) is 10.2. The number of aromatic nitrogens is 3. The molecule has 1 amide bonds. The smallest absolute Gasteiger partial charge is 0.270 e. The first kappa shape index (κ1) is 13.1. The number of amides is 1. The third-order valence-corrected chi connectivity index (χ3v) is 2.57. The van der Waals surface area contributed by atoms with E-state index < -0.39 is 0 Å². The van der Waals surface area contributed by atoms with Crippen LogP contribution in [0.25, 0.3) is 0 Å². The Bertz CT molecular complexity index is 564. The molecule has 0 aliphatic carbocycles. The van der Waals surface area contributed by atoms with Gasteiger partial charge in [-0.15, -0.1) is 0 Å². The van der Waals surface area contributed by atoms with Gasteiger partial charge in [-0.3, -0.25) is 14.5 Å². The molecular weight excluding hydrogens is 242 g/mol. The zero-order valence-electron chi connectivity index (χ0n) is 11.1. The van der Waals surface area contributed by atoms with Crippen LogP contribution in [-0.2, 0) is 13.6 Å². The summed E-state index contributed by atoms with van der Waals surface area (Å²) in [6, 6.07) is 5.43. The Kier molecular flexibility index (Phi) is 4.12. The molecule has 0 aliphatic rings. The number of rotatable bonds is 5. The Morgan fingerprint density at radius 3 is 2.95 bits per heavy atom. The number of hydrogen-bond acceptors (Lipinski definition) is 4. The van der Waals surface area contributed by atoms with Crippen molar-refractivity contribution in [3.05, 3.63) is 42.0 Å². The maximum absolute atomic E-state index is 11.9. The van der Waals surface area contributed by atoms with Gasteiger partial charge in [-0.05, 0) is 25.1 Å². The topological polar surface area (TPSA) is 71.8 Å². The number of nitrogens with one attached hydrogen (secondary N) is 2. The third kappa shape index (κ3) is 3.54. The zero-order chi connectivity index (χ0) is 13.7. The van der Waals surface area contributed by atoms with Gasteiger partial charge in [0, 0.05) is 31.7 Å². The number of carbonyl (C=O) groups excluding carboxylic acids is 1. The van der Waals surface area contributed by atoms with Gasteiger partial charge in [0.1, 0.15) is 5.69 Å². The van der Waals surface area contributed by atoms with E-state index in [-0.39, 0.29) is 5.91 Å². The third-order valence-electron chi connectivity index (χ3n) is 2.57. The first-order valence-electron chi connectivity index (χ1n) is 6.15. The standard InChI is InChI=1S/C13H17N5O/c1-3-14-10-4-6-15-12(8-10)13(19)16-9-11-5-7-18(2)17-11/h4-8H,3,9H2,1-2H3,(H,14,15)(H,16,19). The predicted octanol–water partition coefficient (Wildman–Crippen LogP) is 1.18. The van der Waals surface area contributed by atoms with E-state index in [9.17, 15) is 4.79 Å². The van der Waals surface area contributed by atoms with E-state index in [1.165, 1.54) is 0 Å². The van der Waals surface area contributed by atoms with Crippen molar-refractivity contribution in [3.63, 3.8) is 0 Å². The van der Waals surface area contributed by atoms with Crippen LogP contribution in [0, 0.1) is 0 Å². The summed E-state index contributed by atoms with van der Waals surface area (Å²) in [6.45, 7) is 3.20. The molecule has 19 heavy (non-hydrogen) atoms. The molecular formula is C13H17N5O. The molecule has 0 spiro atoms. The molecule has 0 bridgehead atoms. The van der Waals surface area contributed by atoms with Crippen molar-refractivity contribution >= 4 is 11.6 Å². The van der Waals surface area contributed by atoms with Gasteiger partial charge < -0.3 is 10.6 Å². The fourth-order valence-corrected chi connectivity index (χ4v) is 1.69. The van der Waals surface area contributed by atoms with Gasteiger partial charge in [0.2, 0.25) is 0 Å². The van der Waals surface area contributed by atoms with Gasteiger partial charge in [0.15, 0.2) is 0 Å². The van der Waals surface area contributed by atoms with Crippen molar-refractivity contribution in [2.75, 3.05) is 11.9 Å². The molecule has 100 valence electrons. The van der Waals surface area contributed by atoms with Crippen molar-refractivity contribution in [3.8, 4) is 0 Å². The summed E-state index contributed by atoms with van der Waals surface area (Å²) in [5.41, 5.74) is 2.11. The number of nitrogens with zero attached hydrogens (tertiary/aromatic N) is 3. The van der Waals surface area contributed by atoms with Gasteiger partial charge in [0.25, 0.3) is 5.91 Å². The molecule has 2 N–H and O–H groups in total. The minimum absolute atomic E-state index is 0.203. The largest absolute Gasteiger partial charge is 0.385 e. The van der Waals surface area contributed by atoms with Crippen LogP contribution in [0.1, 0.15) is 23.1 Å². The lowest BCUT2D eigenvalue weighted by molar-refractivity contribution is 0.0945. The predicted molar refractivity (Wildman–Crippen MR) is 72.8 cm³/mol. The molecule has 0 saturated heterocycles. The maximum Gasteiger partial charge on any atom is 0.270 e. The average molecular weight is 259 g/mol. The van der Waals surface area contributed by atoms with Crippen molar-refractivity contribution in [1.29, 1.82) is 0 Å². The van der Waals surface area contributed by atoms with Gasteiger partial charge >= 0.3 is 0 Å². The minimum atomic E-state index is -0.203. The molecule has 0 radical (unpaired) electrons. The molecule has 0 aromatic carbocycles. The summed E-state index contributed by atoms with van der Waals surface area (Å²) >= 11 is 0. The number of aryl methyl sites for hydroxylation is 1. The summed E-state index contributed by atoms with van der Waals surface area (Å²) in [4.78, 5) is 16.0. The van der Waals surface area contributed by atoms with Gasteiger partial charge in [-0.25, -0.2) is 0 Å². The van der Waals surface area contributed by atoms with Crippen LogP contribution >= 0.6 is 0 Å². The number of carbonyl (C=O) groups is 1. The Morgan fingerprint density at radius 1 is 1.42 bits per heavy atom. The Labute approximate surface area is 111 Å². The zero-order valence-corrected chi connectivity index (χ0v) is 11.1. The lowest BCUT2D eigenvalue weighted by atomic mass is 10.3. The first-order chi connectivity index (χ1) is 9.19. The molecule has 2 aromatic rings. The van der Waals surface area contributed by atoms with Crippen LogP contribution in [0.15, 0.2) is 30.6 Å². The van der Waals surface area contributed by atoms with E-state index in [4.69, 9.17) is 0 Å². The molecule has 2 aromatic heterocycles. The molecule has 0 fully saturated rings. The van der Waals surface area contributed by atoms with E-state index >= 15 is 0 Å². The van der Waals surface area contributed by atoms with Gasteiger partial charge in [0.05, 0.1) is 12.2 Å². The van der Waals surface area contributed by atoms with E-state index in [0.29, 0.717) is 12.2 Å². The number of pyridine rings is 1. The summed E-state index contributed by atoms with van der Waals surface area (Å²) in [5, 5.41) is 10.1. The summed E-state index contributed by atoms with van der Waals surface area (Å²) in [6.07, 6.45) is 3.46. The van der Waals surface area contributed by atoms with E-state index in [2.05, 4.69) is 20.7 Å².